The highest BCUT2D eigenvalue weighted by Gasteiger charge is 2.20. The number of aryl methyl sites for hydroxylation is 2. The molecule has 2 nitrogen and oxygen atoms in total. The summed E-state index contributed by atoms with van der Waals surface area (Å²) in [5.74, 6) is 0. The van der Waals surface area contributed by atoms with Crippen LogP contribution < -0.4 is 0 Å². The molecular formula is C20H20N2S3. The van der Waals surface area contributed by atoms with Gasteiger partial charge in [0.2, 0.25) is 0 Å². The number of benzene rings is 1. The molecule has 0 saturated carbocycles. The Morgan fingerprint density at radius 3 is 1.32 bits per heavy atom. The Morgan fingerprint density at radius 2 is 1.00 bits per heavy atom. The fourth-order valence-electron chi connectivity index (χ4n) is 3.23. The quantitative estimate of drug-likeness (QED) is 0.372. The van der Waals surface area contributed by atoms with Gasteiger partial charge in [0.15, 0.2) is 0 Å². The maximum atomic E-state index is 4.66. The third-order valence-corrected chi connectivity index (χ3v) is 8.49. The Morgan fingerprint density at radius 1 is 0.600 bits per heavy atom. The summed E-state index contributed by atoms with van der Waals surface area (Å²) >= 11 is 5.04. The molecular weight excluding hydrogens is 364 g/mol. The maximum absolute atomic E-state index is 4.66. The van der Waals surface area contributed by atoms with Crippen molar-refractivity contribution in [3.63, 3.8) is 0 Å². The van der Waals surface area contributed by atoms with Crippen LogP contribution in [-0.2, 0) is 0 Å². The molecule has 0 atom stereocenters. The molecule has 0 aliphatic rings. The van der Waals surface area contributed by atoms with Crippen LogP contribution in [0.15, 0.2) is 12.1 Å². The molecule has 3 aromatic heterocycles. The van der Waals surface area contributed by atoms with Gasteiger partial charge in [-0.15, -0.1) is 22.7 Å². The molecule has 1 aromatic carbocycles. The molecule has 0 unspecified atom stereocenters. The van der Waals surface area contributed by atoms with Gasteiger partial charge in [0.05, 0.1) is 11.7 Å². The molecule has 0 aliphatic carbocycles. The molecule has 0 aliphatic heterocycles. The third kappa shape index (κ3) is 2.48. The summed E-state index contributed by atoms with van der Waals surface area (Å²) < 4.78 is 9.32. The molecule has 0 radical (unpaired) electrons. The third-order valence-electron chi connectivity index (χ3n) is 5.28. The summed E-state index contributed by atoms with van der Waals surface area (Å²) in [6.45, 7) is 13.2. The number of aromatic nitrogens is 2. The summed E-state index contributed by atoms with van der Waals surface area (Å²) in [7, 11) is 0. The van der Waals surface area contributed by atoms with Gasteiger partial charge in [-0.1, -0.05) is 12.1 Å². The normalized spacial score (nSPS) is 11.6. The van der Waals surface area contributed by atoms with Gasteiger partial charge in [-0.3, -0.25) is 0 Å². The fraction of sp³-hybridized carbons (Fsp3) is 0.300. The van der Waals surface area contributed by atoms with Crippen LogP contribution in [0.5, 0.6) is 0 Å². The standard InChI is InChI=1S/C20H20N2S3/c1-9-11(3)19(23-13(9)5)15-7-8-16(18-17(15)21-25-22-18)20-12(4)10(2)14(6)24-20/h7-8H,1-6H3. The van der Waals surface area contributed by atoms with E-state index in [4.69, 9.17) is 0 Å². The van der Waals surface area contributed by atoms with E-state index >= 15 is 0 Å². The topological polar surface area (TPSA) is 25.8 Å². The van der Waals surface area contributed by atoms with Crippen LogP contribution in [0.25, 0.3) is 31.9 Å². The van der Waals surface area contributed by atoms with Crippen molar-refractivity contribution >= 4 is 45.4 Å². The lowest BCUT2D eigenvalue weighted by Gasteiger charge is -2.06. The Balaban J connectivity index is 1.99. The zero-order chi connectivity index (χ0) is 17.9. The minimum Gasteiger partial charge on any atom is -0.172 e. The van der Waals surface area contributed by atoms with Crippen molar-refractivity contribution in [2.75, 3.05) is 0 Å². The predicted octanol–water partition coefficient (Wildman–Crippen LogP) is 7.00. The van der Waals surface area contributed by atoms with Crippen molar-refractivity contribution < 1.29 is 0 Å². The second-order valence-electron chi connectivity index (χ2n) is 6.60. The second kappa shape index (κ2) is 6.01. The summed E-state index contributed by atoms with van der Waals surface area (Å²) in [5, 5.41) is 0. The van der Waals surface area contributed by atoms with Crippen LogP contribution in [0.1, 0.15) is 32.0 Å². The molecule has 0 N–H and O–H groups in total. The molecule has 4 aromatic rings. The molecule has 128 valence electrons. The lowest BCUT2D eigenvalue weighted by molar-refractivity contribution is 1.35. The SMILES string of the molecule is Cc1sc(-c2ccc(-c3sc(C)c(C)c3C)c3nsnc23)c(C)c1C. The van der Waals surface area contributed by atoms with Crippen molar-refractivity contribution in [1.82, 2.24) is 8.75 Å². The monoisotopic (exact) mass is 384 g/mol. The van der Waals surface area contributed by atoms with E-state index in [9.17, 15) is 0 Å². The number of hydrogen-bond donors (Lipinski definition) is 0. The van der Waals surface area contributed by atoms with Gasteiger partial charge in [-0.05, 0) is 63.8 Å². The maximum Gasteiger partial charge on any atom is 0.114 e. The summed E-state index contributed by atoms with van der Waals surface area (Å²) in [5.41, 5.74) is 10.0. The van der Waals surface area contributed by atoms with Gasteiger partial charge in [0.25, 0.3) is 0 Å². The van der Waals surface area contributed by atoms with Gasteiger partial charge < -0.3 is 0 Å². The molecule has 0 spiro atoms. The van der Waals surface area contributed by atoms with Crippen LogP contribution in [0.3, 0.4) is 0 Å². The first kappa shape index (κ1) is 16.9. The summed E-state index contributed by atoms with van der Waals surface area (Å²) in [4.78, 5) is 5.42. The van der Waals surface area contributed by atoms with Crippen LogP contribution >= 0.6 is 34.4 Å². The first-order valence-corrected chi connectivity index (χ1v) is 10.7. The first-order valence-electron chi connectivity index (χ1n) is 8.29. The number of fused-ring (bicyclic) bond motifs is 1. The van der Waals surface area contributed by atoms with Crippen molar-refractivity contribution in [3.05, 3.63) is 44.1 Å². The molecule has 0 saturated heterocycles. The molecule has 5 heteroatoms. The van der Waals surface area contributed by atoms with Crippen molar-refractivity contribution in [2.24, 2.45) is 0 Å². The Hall–Kier alpha value is -1.56. The van der Waals surface area contributed by atoms with E-state index < -0.39 is 0 Å². The average Bonchev–Trinajstić information content (AvgIpc) is 3.25. The van der Waals surface area contributed by atoms with E-state index in [0.29, 0.717) is 0 Å². The van der Waals surface area contributed by atoms with Crippen LogP contribution in [0, 0.1) is 41.5 Å². The minimum absolute atomic E-state index is 1.04. The number of thiophene rings is 2. The van der Waals surface area contributed by atoms with Crippen molar-refractivity contribution in [2.45, 2.75) is 41.5 Å². The average molecular weight is 385 g/mol. The van der Waals surface area contributed by atoms with Gasteiger partial charge in [-0.25, -0.2) is 0 Å². The molecule has 0 fully saturated rings. The molecule has 0 amide bonds. The van der Waals surface area contributed by atoms with E-state index in [-0.39, 0.29) is 0 Å². The lowest BCUT2D eigenvalue weighted by Crippen LogP contribution is -1.86. The van der Waals surface area contributed by atoms with E-state index in [1.807, 2.05) is 22.7 Å². The van der Waals surface area contributed by atoms with Gasteiger partial charge in [0, 0.05) is 30.6 Å². The highest BCUT2D eigenvalue weighted by molar-refractivity contribution is 7.16. The zero-order valence-electron chi connectivity index (χ0n) is 15.3. The lowest BCUT2D eigenvalue weighted by atomic mass is 10.0. The summed E-state index contributed by atoms with van der Waals surface area (Å²) in [6, 6.07) is 4.47. The minimum atomic E-state index is 1.04. The zero-order valence-corrected chi connectivity index (χ0v) is 17.7. The molecule has 25 heavy (non-hydrogen) atoms. The van der Waals surface area contributed by atoms with Gasteiger partial charge in [0.1, 0.15) is 11.0 Å². The molecule has 4 rings (SSSR count). The van der Waals surface area contributed by atoms with Gasteiger partial charge >= 0.3 is 0 Å². The van der Waals surface area contributed by atoms with E-state index in [1.54, 1.807) is 0 Å². The van der Waals surface area contributed by atoms with Crippen LogP contribution in [-0.4, -0.2) is 8.75 Å². The Kier molecular flexibility index (Phi) is 4.06. The van der Waals surface area contributed by atoms with Crippen LogP contribution in [0.2, 0.25) is 0 Å². The highest BCUT2D eigenvalue weighted by atomic mass is 32.1. The number of nitrogens with zero attached hydrogens (tertiary/aromatic N) is 2. The smallest absolute Gasteiger partial charge is 0.114 e. The summed E-state index contributed by atoms with van der Waals surface area (Å²) in [6.07, 6.45) is 0. The fourth-order valence-corrected chi connectivity index (χ4v) is 6.19. The molecule has 3 heterocycles. The Labute approximate surface area is 160 Å². The van der Waals surface area contributed by atoms with Crippen molar-refractivity contribution in [3.8, 4) is 20.9 Å². The molecule has 0 bridgehead atoms. The number of hydrogen-bond acceptors (Lipinski definition) is 5. The predicted molar refractivity (Wildman–Crippen MR) is 112 cm³/mol. The van der Waals surface area contributed by atoms with E-state index in [2.05, 4.69) is 62.4 Å². The van der Waals surface area contributed by atoms with E-state index in [0.717, 1.165) is 11.0 Å². The largest absolute Gasteiger partial charge is 0.172 e. The van der Waals surface area contributed by atoms with Gasteiger partial charge in [-0.2, -0.15) is 8.75 Å². The number of rotatable bonds is 2. The highest BCUT2D eigenvalue weighted by Crippen LogP contribution is 2.43. The Bertz CT molecular complexity index is 1030. The van der Waals surface area contributed by atoms with Crippen molar-refractivity contribution in [1.29, 1.82) is 0 Å². The van der Waals surface area contributed by atoms with Crippen LogP contribution in [0.4, 0.5) is 0 Å². The second-order valence-corrected chi connectivity index (χ2v) is 9.57. The van der Waals surface area contributed by atoms with E-state index in [1.165, 1.54) is 64.6 Å². The first-order chi connectivity index (χ1) is 11.9.